The maximum absolute atomic E-state index is 11.0. The van der Waals surface area contributed by atoms with Crippen LogP contribution in [0.15, 0.2) is 12.1 Å². The molecular weight excluding hydrogens is 220 g/mol. The standard InChI is InChI=1S/C12H16N2O3/c1-2-9-5-8(12(15)16)6-11(13-9)14-10-3-4-17-7-10/h5-6,10H,2-4,7H2,1H3,(H,13,14)(H,15,16). The summed E-state index contributed by atoms with van der Waals surface area (Å²) in [5.41, 5.74) is 1.06. The Kier molecular flexibility index (Phi) is 3.58. The van der Waals surface area contributed by atoms with Crippen LogP contribution in [0.4, 0.5) is 5.82 Å². The van der Waals surface area contributed by atoms with Gasteiger partial charge in [-0.1, -0.05) is 6.92 Å². The van der Waals surface area contributed by atoms with E-state index in [2.05, 4.69) is 10.3 Å². The molecule has 1 fully saturated rings. The van der Waals surface area contributed by atoms with Crippen LogP contribution in [0, 0.1) is 0 Å². The first-order chi connectivity index (χ1) is 8.19. The van der Waals surface area contributed by atoms with Crippen molar-refractivity contribution in [1.82, 2.24) is 4.98 Å². The summed E-state index contributed by atoms with van der Waals surface area (Å²) in [7, 11) is 0. The third-order valence-corrected chi connectivity index (χ3v) is 2.77. The molecule has 1 atom stereocenters. The van der Waals surface area contributed by atoms with Crippen LogP contribution < -0.4 is 5.32 Å². The molecule has 0 spiro atoms. The van der Waals surface area contributed by atoms with Gasteiger partial charge in [0, 0.05) is 12.3 Å². The van der Waals surface area contributed by atoms with Gasteiger partial charge in [0.25, 0.3) is 0 Å². The minimum atomic E-state index is -0.923. The average molecular weight is 236 g/mol. The van der Waals surface area contributed by atoms with E-state index in [0.29, 0.717) is 12.4 Å². The van der Waals surface area contributed by atoms with Gasteiger partial charge in [-0.25, -0.2) is 9.78 Å². The topological polar surface area (TPSA) is 71.5 Å². The molecule has 0 bridgehead atoms. The molecular formula is C12H16N2O3. The Morgan fingerprint density at radius 3 is 3.06 bits per heavy atom. The predicted octanol–water partition coefficient (Wildman–Crippen LogP) is 1.54. The Hall–Kier alpha value is -1.62. The second kappa shape index (κ2) is 5.14. The number of rotatable bonds is 4. The molecule has 1 aliphatic heterocycles. The second-order valence-corrected chi connectivity index (χ2v) is 4.10. The SMILES string of the molecule is CCc1cc(C(=O)O)cc(NC2CCOC2)n1. The van der Waals surface area contributed by atoms with Crippen molar-refractivity contribution >= 4 is 11.8 Å². The smallest absolute Gasteiger partial charge is 0.335 e. The number of carboxylic acid groups (broad SMARTS) is 1. The maximum Gasteiger partial charge on any atom is 0.335 e. The first-order valence-electron chi connectivity index (χ1n) is 5.77. The third-order valence-electron chi connectivity index (χ3n) is 2.77. The first kappa shape index (κ1) is 11.9. The van der Waals surface area contributed by atoms with Crippen molar-refractivity contribution < 1.29 is 14.6 Å². The van der Waals surface area contributed by atoms with E-state index < -0.39 is 5.97 Å². The third kappa shape index (κ3) is 2.94. The van der Waals surface area contributed by atoms with E-state index in [-0.39, 0.29) is 11.6 Å². The summed E-state index contributed by atoms with van der Waals surface area (Å²) in [6.45, 7) is 3.35. The summed E-state index contributed by atoms with van der Waals surface area (Å²) < 4.78 is 5.26. The molecule has 1 unspecified atom stereocenters. The largest absolute Gasteiger partial charge is 0.478 e. The highest BCUT2D eigenvalue weighted by Gasteiger charge is 2.16. The normalized spacial score (nSPS) is 19.2. The molecule has 0 radical (unpaired) electrons. The number of pyridine rings is 1. The lowest BCUT2D eigenvalue weighted by molar-refractivity contribution is 0.0696. The van der Waals surface area contributed by atoms with E-state index in [4.69, 9.17) is 9.84 Å². The first-order valence-corrected chi connectivity index (χ1v) is 5.77. The van der Waals surface area contributed by atoms with Crippen molar-refractivity contribution in [3.8, 4) is 0 Å². The number of anilines is 1. The Morgan fingerprint density at radius 1 is 1.65 bits per heavy atom. The van der Waals surface area contributed by atoms with Crippen molar-refractivity contribution in [2.75, 3.05) is 18.5 Å². The molecule has 1 saturated heterocycles. The predicted molar refractivity (Wildman–Crippen MR) is 63.4 cm³/mol. The number of carboxylic acids is 1. The summed E-state index contributed by atoms with van der Waals surface area (Å²) >= 11 is 0. The molecule has 0 aliphatic carbocycles. The van der Waals surface area contributed by atoms with Crippen LogP contribution >= 0.6 is 0 Å². The number of aromatic nitrogens is 1. The number of nitrogens with zero attached hydrogens (tertiary/aromatic N) is 1. The van der Waals surface area contributed by atoms with E-state index >= 15 is 0 Å². The van der Waals surface area contributed by atoms with Gasteiger partial charge >= 0.3 is 5.97 Å². The number of hydrogen-bond acceptors (Lipinski definition) is 4. The molecule has 0 amide bonds. The fourth-order valence-electron chi connectivity index (χ4n) is 1.82. The summed E-state index contributed by atoms with van der Waals surface area (Å²) in [6.07, 6.45) is 1.65. The van der Waals surface area contributed by atoms with Crippen molar-refractivity contribution in [3.63, 3.8) is 0 Å². The van der Waals surface area contributed by atoms with Crippen molar-refractivity contribution in [1.29, 1.82) is 0 Å². The zero-order valence-electron chi connectivity index (χ0n) is 9.77. The van der Waals surface area contributed by atoms with Gasteiger partial charge in [-0.2, -0.15) is 0 Å². The van der Waals surface area contributed by atoms with Gasteiger partial charge in [0.2, 0.25) is 0 Å². The summed E-state index contributed by atoms with van der Waals surface area (Å²) in [5.74, 6) is -0.301. The molecule has 0 saturated carbocycles. The van der Waals surface area contributed by atoms with Gasteiger partial charge in [-0.15, -0.1) is 0 Å². The fourth-order valence-corrected chi connectivity index (χ4v) is 1.82. The number of aromatic carboxylic acids is 1. The molecule has 17 heavy (non-hydrogen) atoms. The maximum atomic E-state index is 11.0. The quantitative estimate of drug-likeness (QED) is 0.829. The van der Waals surface area contributed by atoms with Crippen LogP contribution in [0.2, 0.25) is 0 Å². The lowest BCUT2D eigenvalue weighted by atomic mass is 10.2. The number of nitrogens with one attached hydrogen (secondary N) is 1. The molecule has 2 N–H and O–H groups in total. The van der Waals surface area contributed by atoms with Crippen molar-refractivity contribution in [2.45, 2.75) is 25.8 Å². The van der Waals surface area contributed by atoms with E-state index in [1.807, 2.05) is 6.92 Å². The van der Waals surface area contributed by atoms with Crippen molar-refractivity contribution in [2.24, 2.45) is 0 Å². The lowest BCUT2D eigenvalue weighted by Gasteiger charge is -2.12. The minimum absolute atomic E-state index is 0.233. The highest BCUT2D eigenvalue weighted by molar-refractivity contribution is 5.88. The molecule has 1 aromatic heterocycles. The molecule has 92 valence electrons. The van der Waals surface area contributed by atoms with Crippen LogP contribution in [-0.4, -0.2) is 35.3 Å². The van der Waals surface area contributed by atoms with E-state index in [9.17, 15) is 4.79 Å². The van der Waals surface area contributed by atoms with Gasteiger partial charge in [-0.05, 0) is 25.0 Å². The molecule has 1 aliphatic rings. The molecule has 5 nitrogen and oxygen atoms in total. The van der Waals surface area contributed by atoms with Crippen LogP contribution in [0.5, 0.6) is 0 Å². The number of hydrogen-bond donors (Lipinski definition) is 2. The number of aryl methyl sites for hydroxylation is 1. The van der Waals surface area contributed by atoms with Gasteiger partial charge < -0.3 is 15.2 Å². The Balaban J connectivity index is 2.19. The second-order valence-electron chi connectivity index (χ2n) is 4.10. The van der Waals surface area contributed by atoms with Gasteiger partial charge in [0.15, 0.2) is 0 Å². The zero-order chi connectivity index (χ0) is 12.3. The fraction of sp³-hybridized carbons (Fsp3) is 0.500. The van der Waals surface area contributed by atoms with Gasteiger partial charge in [-0.3, -0.25) is 0 Å². The van der Waals surface area contributed by atoms with Crippen LogP contribution in [0.1, 0.15) is 29.4 Å². The average Bonchev–Trinajstić information content (AvgIpc) is 2.81. The van der Waals surface area contributed by atoms with Crippen LogP contribution in [0.25, 0.3) is 0 Å². The lowest BCUT2D eigenvalue weighted by Crippen LogP contribution is -2.20. The highest BCUT2D eigenvalue weighted by atomic mass is 16.5. The van der Waals surface area contributed by atoms with Gasteiger partial charge in [0.1, 0.15) is 5.82 Å². The summed E-state index contributed by atoms with van der Waals surface area (Å²) in [6, 6.07) is 3.41. The summed E-state index contributed by atoms with van der Waals surface area (Å²) in [5, 5.41) is 12.2. The Labute approximate surface area is 99.8 Å². The van der Waals surface area contributed by atoms with Crippen molar-refractivity contribution in [3.05, 3.63) is 23.4 Å². The van der Waals surface area contributed by atoms with E-state index in [0.717, 1.165) is 25.1 Å². The number of carbonyl (C=O) groups is 1. The Bertz CT molecular complexity index is 414. The molecule has 2 rings (SSSR count). The monoisotopic (exact) mass is 236 g/mol. The summed E-state index contributed by atoms with van der Waals surface area (Å²) in [4.78, 5) is 15.3. The van der Waals surface area contributed by atoms with E-state index in [1.54, 1.807) is 12.1 Å². The zero-order valence-corrected chi connectivity index (χ0v) is 9.77. The van der Waals surface area contributed by atoms with Crippen LogP contribution in [-0.2, 0) is 11.2 Å². The van der Waals surface area contributed by atoms with E-state index in [1.165, 1.54) is 0 Å². The van der Waals surface area contributed by atoms with Crippen LogP contribution in [0.3, 0.4) is 0 Å². The highest BCUT2D eigenvalue weighted by Crippen LogP contribution is 2.15. The molecule has 2 heterocycles. The molecule has 0 aromatic carbocycles. The minimum Gasteiger partial charge on any atom is -0.478 e. The van der Waals surface area contributed by atoms with Gasteiger partial charge in [0.05, 0.1) is 18.2 Å². The Morgan fingerprint density at radius 2 is 2.47 bits per heavy atom. The molecule has 5 heteroatoms. The molecule has 1 aromatic rings. The number of ether oxygens (including phenoxy) is 1.